The van der Waals surface area contributed by atoms with E-state index in [0.717, 1.165) is 0 Å². The van der Waals surface area contributed by atoms with Crippen LogP contribution < -0.4 is 16.6 Å². The number of nitrogens with one attached hydrogen (secondary N) is 1. The minimum Gasteiger partial charge on any atom is -0.402 e. The van der Waals surface area contributed by atoms with Crippen LogP contribution in [0.25, 0.3) is 11.4 Å². The SMILES string of the molecule is CC(C)C(NC(=O)Cn1c(-c2ccc(F)cc2)ncc(N)c1=O)B1OC(C)(C)C(C)(C)O1. The van der Waals surface area contributed by atoms with Gasteiger partial charge in [-0.1, -0.05) is 13.8 Å². The highest BCUT2D eigenvalue weighted by Crippen LogP contribution is 2.38. The van der Waals surface area contributed by atoms with Crippen LogP contribution in [0.4, 0.5) is 10.1 Å². The van der Waals surface area contributed by atoms with E-state index in [4.69, 9.17) is 15.0 Å². The lowest BCUT2D eigenvalue weighted by atomic mass is 9.72. The van der Waals surface area contributed by atoms with Crippen molar-refractivity contribution in [2.45, 2.75) is 65.2 Å². The molecule has 1 saturated heterocycles. The molecule has 0 spiro atoms. The third-order valence-electron chi connectivity index (χ3n) is 6.09. The summed E-state index contributed by atoms with van der Waals surface area (Å²) in [4.78, 5) is 29.9. The number of benzene rings is 1. The summed E-state index contributed by atoms with van der Waals surface area (Å²) in [5.74, 6) is -1.06. The van der Waals surface area contributed by atoms with E-state index >= 15 is 0 Å². The summed E-state index contributed by atoms with van der Waals surface area (Å²) < 4.78 is 26.7. The molecule has 2 aromatic rings. The molecule has 0 bridgehead atoms. The number of hydrogen-bond acceptors (Lipinski definition) is 6. The maximum Gasteiger partial charge on any atom is 0.482 e. The number of aromatic nitrogens is 2. The summed E-state index contributed by atoms with van der Waals surface area (Å²) in [6.45, 7) is 11.4. The maximum absolute atomic E-state index is 13.3. The van der Waals surface area contributed by atoms with Crippen molar-refractivity contribution in [1.29, 1.82) is 0 Å². The van der Waals surface area contributed by atoms with Crippen LogP contribution >= 0.6 is 0 Å². The number of nitrogens with zero attached hydrogens (tertiary/aromatic N) is 2. The zero-order chi connectivity index (χ0) is 23.8. The van der Waals surface area contributed by atoms with E-state index in [1.54, 1.807) is 0 Å². The predicted octanol–water partition coefficient (Wildman–Crippen LogP) is 2.40. The number of nitrogen functional groups attached to an aromatic ring is 1. The molecule has 1 aliphatic heterocycles. The van der Waals surface area contributed by atoms with Gasteiger partial charge in [-0.2, -0.15) is 0 Å². The molecule has 10 heteroatoms. The second-order valence-corrected chi connectivity index (χ2v) is 9.40. The Hall–Kier alpha value is -2.72. The van der Waals surface area contributed by atoms with E-state index in [0.29, 0.717) is 5.56 Å². The molecule has 1 atom stereocenters. The quantitative estimate of drug-likeness (QED) is 0.663. The summed E-state index contributed by atoms with van der Waals surface area (Å²) in [5.41, 5.74) is 4.52. The average Bonchev–Trinajstić information content (AvgIpc) is 2.91. The molecule has 2 heterocycles. The van der Waals surface area contributed by atoms with Crippen molar-refractivity contribution in [3.8, 4) is 11.4 Å². The largest absolute Gasteiger partial charge is 0.482 e. The fraction of sp³-hybridized carbons (Fsp3) is 0.500. The first kappa shape index (κ1) is 23.9. The fourth-order valence-corrected chi connectivity index (χ4v) is 3.44. The Labute approximate surface area is 187 Å². The van der Waals surface area contributed by atoms with Crippen LogP contribution in [0, 0.1) is 11.7 Å². The number of rotatable bonds is 6. The van der Waals surface area contributed by atoms with E-state index in [2.05, 4.69) is 10.3 Å². The predicted molar refractivity (Wildman–Crippen MR) is 121 cm³/mol. The molecule has 1 aromatic carbocycles. The third kappa shape index (κ3) is 4.71. The Bertz CT molecular complexity index is 1040. The van der Waals surface area contributed by atoms with Crippen LogP contribution in [0.3, 0.4) is 0 Å². The molecule has 0 radical (unpaired) electrons. The van der Waals surface area contributed by atoms with E-state index in [1.165, 1.54) is 35.0 Å². The van der Waals surface area contributed by atoms with Gasteiger partial charge in [0.2, 0.25) is 5.91 Å². The molecule has 8 nitrogen and oxygen atoms in total. The van der Waals surface area contributed by atoms with Crippen molar-refractivity contribution in [2.75, 3.05) is 5.73 Å². The van der Waals surface area contributed by atoms with Crippen LogP contribution in [-0.4, -0.2) is 39.7 Å². The van der Waals surface area contributed by atoms with E-state index in [1.807, 2.05) is 41.5 Å². The number of amides is 1. The molecule has 1 fully saturated rings. The van der Waals surface area contributed by atoms with Gasteiger partial charge < -0.3 is 20.4 Å². The number of carbonyl (C=O) groups excluding carboxylic acids is 1. The topological polar surface area (TPSA) is 108 Å². The maximum atomic E-state index is 13.3. The fourth-order valence-electron chi connectivity index (χ4n) is 3.44. The molecule has 1 aliphatic rings. The molecule has 172 valence electrons. The molecule has 3 rings (SSSR count). The zero-order valence-electron chi connectivity index (χ0n) is 19.3. The third-order valence-corrected chi connectivity index (χ3v) is 6.09. The van der Waals surface area contributed by atoms with Gasteiger partial charge in [-0.05, 0) is 57.9 Å². The Morgan fingerprint density at radius 3 is 2.28 bits per heavy atom. The van der Waals surface area contributed by atoms with Crippen molar-refractivity contribution < 1.29 is 18.5 Å². The summed E-state index contributed by atoms with van der Waals surface area (Å²) in [5, 5.41) is 2.94. The van der Waals surface area contributed by atoms with Gasteiger partial charge in [0.1, 0.15) is 23.9 Å². The van der Waals surface area contributed by atoms with Gasteiger partial charge in [0, 0.05) is 5.56 Å². The number of halogens is 1. The van der Waals surface area contributed by atoms with Crippen molar-refractivity contribution in [3.05, 3.63) is 46.6 Å². The van der Waals surface area contributed by atoms with E-state index < -0.39 is 41.5 Å². The molecule has 1 unspecified atom stereocenters. The molecular formula is C22H30BFN4O4. The summed E-state index contributed by atoms with van der Waals surface area (Å²) >= 11 is 0. The monoisotopic (exact) mass is 444 g/mol. The van der Waals surface area contributed by atoms with Crippen LogP contribution in [0.2, 0.25) is 0 Å². The summed E-state index contributed by atoms with van der Waals surface area (Å²) in [7, 11) is -0.642. The minimum absolute atomic E-state index is 0.000841. The van der Waals surface area contributed by atoms with Gasteiger partial charge in [0.25, 0.3) is 5.56 Å². The lowest BCUT2D eigenvalue weighted by Gasteiger charge is -2.32. The highest BCUT2D eigenvalue weighted by molar-refractivity contribution is 6.48. The van der Waals surface area contributed by atoms with Crippen molar-refractivity contribution in [1.82, 2.24) is 14.9 Å². The smallest absolute Gasteiger partial charge is 0.402 e. The van der Waals surface area contributed by atoms with Gasteiger partial charge >= 0.3 is 7.12 Å². The van der Waals surface area contributed by atoms with Gasteiger partial charge in [-0.15, -0.1) is 0 Å². The summed E-state index contributed by atoms with van der Waals surface area (Å²) in [6, 6.07) is 5.50. The molecule has 0 aliphatic carbocycles. The Kier molecular flexibility index (Phi) is 6.48. The lowest BCUT2D eigenvalue weighted by Crippen LogP contribution is -2.52. The molecule has 32 heavy (non-hydrogen) atoms. The first-order valence-corrected chi connectivity index (χ1v) is 10.6. The Morgan fingerprint density at radius 1 is 1.19 bits per heavy atom. The van der Waals surface area contributed by atoms with Crippen molar-refractivity contribution >= 4 is 18.7 Å². The van der Waals surface area contributed by atoms with Gasteiger partial charge in [-0.3, -0.25) is 14.2 Å². The Balaban J connectivity index is 1.86. The van der Waals surface area contributed by atoms with Crippen LogP contribution in [0.1, 0.15) is 41.5 Å². The molecular weight excluding hydrogens is 414 g/mol. The van der Waals surface area contributed by atoms with Crippen LogP contribution in [0.5, 0.6) is 0 Å². The molecule has 1 aromatic heterocycles. The van der Waals surface area contributed by atoms with Gasteiger partial charge in [0.05, 0.1) is 23.3 Å². The van der Waals surface area contributed by atoms with Gasteiger partial charge in [-0.25, -0.2) is 9.37 Å². The van der Waals surface area contributed by atoms with E-state index in [-0.39, 0.29) is 24.0 Å². The minimum atomic E-state index is -0.642. The second kappa shape index (κ2) is 8.67. The number of carbonyl (C=O) groups is 1. The number of hydrogen-bond donors (Lipinski definition) is 2. The number of nitrogens with two attached hydrogens (primary N) is 1. The highest BCUT2D eigenvalue weighted by Gasteiger charge is 2.54. The number of anilines is 1. The van der Waals surface area contributed by atoms with Crippen molar-refractivity contribution in [2.24, 2.45) is 5.92 Å². The van der Waals surface area contributed by atoms with Crippen LogP contribution in [-0.2, 0) is 20.6 Å². The molecule has 3 N–H and O–H groups in total. The second-order valence-electron chi connectivity index (χ2n) is 9.40. The highest BCUT2D eigenvalue weighted by atomic mass is 19.1. The average molecular weight is 444 g/mol. The standard InChI is InChI=1S/C22H30BFN4O4/c1-13(2)18(23-31-21(3,4)22(5,6)32-23)27-17(29)12-28-19(26-11-16(25)20(28)30)14-7-9-15(24)10-8-14/h7-11,13,18H,12,25H2,1-6H3,(H,27,29). The first-order chi connectivity index (χ1) is 14.8. The zero-order valence-corrected chi connectivity index (χ0v) is 19.3. The van der Waals surface area contributed by atoms with Crippen molar-refractivity contribution in [3.63, 3.8) is 0 Å². The van der Waals surface area contributed by atoms with Crippen LogP contribution in [0.15, 0.2) is 35.3 Å². The summed E-state index contributed by atoms with van der Waals surface area (Å²) in [6.07, 6.45) is 1.23. The van der Waals surface area contributed by atoms with E-state index in [9.17, 15) is 14.0 Å². The van der Waals surface area contributed by atoms with Gasteiger partial charge in [0.15, 0.2) is 0 Å². The lowest BCUT2D eigenvalue weighted by molar-refractivity contribution is -0.122. The molecule has 1 amide bonds. The molecule has 0 saturated carbocycles. The normalized spacial score (nSPS) is 18.1. The first-order valence-electron chi connectivity index (χ1n) is 10.6. The Morgan fingerprint density at radius 2 is 1.75 bits per heavy atom.